The highest BCUT2D eigenvalue weighted by Gasteiger charge is 2.22. The van der Waals surface area contributed by atoms with Gasteiger partial charge in [0.15, 0.2) is 11.7 Å². The van der Waals surface area contributed by atoms with Gasteiger partial charge < -0.3 is 20.5 Å². The second kappa shape index (κ2) is 11.1. The molecule has 0 amide bonds. The lowest BCUT2D eigenvalue weighted by molar-refractivity contribution is 0.0398. The van der Waals surface area contributed by atoms with E-state index in [4.69, 9.17) is 20.2 Å². The van der Waals surface area contributed by atoms with Gasteiger partial charge in [0, 0.05) is 38.7 Å². The van der Waals surface area contributed by atoms with Crippen molar-refractivity contribution >= 4 is 35.0 Å². The van der Waals surface area contributed by atoms with E-state index in [0.29, 0.717) is 23.7 Å². The average Bonchev–Trinajstić information content (AvgIpc) is 3.23. The van der Waals surface area contributed by atoms with Crippen molar-refractivity contribution in [2.75, 3.05) is 51.3 Å². The van der Waals surface area contributed by atoms with Crippen LogP contribution < -0.4 is 15.8 Å². The number of rotatable bonds is 6. The highest BCUT2D eigenvalue weighted by molar-refractivity contribution is 7.17. The first-order valence-corrected chi connectivity index (χ1v) is 12.5. The number of halogens is 2. The van der Waals surface area contributed by atoms with Gasteiger partial charge in [0.2, 0.25) is 0 Å². The molecule has 0 aliphatic carbocycles. The van der Waals surface area contributed by atoms with E-state index in [2.05, 4.69) is 20.2 Å². The number of thiophene rings is 1. The van der Waals surface area contributed by atoms with Crippen LogP contribution in [0, 0.1) is 11.6 Å². The summed E-state index contributed by atoms with van der Waals surface area (Å²) in [4.78, 5) is 17.3. The summed E-state index contributed by atoms with van der Waals surface area (Å²) in [6.07, 6.45) is 1.78. The molecule has 188 valence electrons. The SMILES string of the molecule is NC=NC(=Nc1ccc(F)cc1F)c1cc2c(s1)-c1nc(NCCN3CCOCC3)ccc1OCC2. The normalized spacial score (nSPS) is 16.3. The number of morpholine rings is 1. The van der Waals surface area contributed by atoms with E-state index < -0.39 is 11.6 Å². The van der Waals surface area contributed by atoms with E-state index in [0.717, 1.165) is 79.8 Å². The van der Waals surface area contributed by atoms with Crippen molar-refractivity contribution < 1.29 is 18.3 Å². The minimum Gasteiger partial charge on any atom is -0.491 e. The summed E-state index contributed by atoms with van der Waals surface area (Å²) in [6, 6.07) is 9.01. The highest BCUT2D eigenvalue weighted by Crippen LogP contribution is 2.40. The molecule has 4 heterocycles. The van der Waals surface area contributed by atoms with Crippen molar-refractivity contribution in [1.82, 2.24) is 9.88 Å². The number of ether oxygens (including phenoxy) is 2. The van der Waals surface area contributed by atoms with Crippen LogP contribution in [0.1, 0.15) is 10.4 Å². The summed E-state index contributed by atoms with van der Waals surface area (Å²) in [5, 5.41) is 3.41. The van der Waals surface area contributed by atoms with Gasteiger partial charge in [-0.25, -0.2) is 23.7 Å². The molecule has 3 aromatic rings. The number of fused-ring (bicyclic) bond motifs is 3. The summed E-state index contributed by atoms with van der Waals surface area (Å²) in [5.41, 5.74) is 7.30. The summed E-state index contributed by atoms with van der Waals surface area (Å²) < 4.78 is 38.9. The maximum atomic E-state index is 14.2. The first kappa shape index (κ1) is 24.3. The van der Waals surface area contributed by atoms with Gasteiger partial charge in [0.25, 0.3) is 0 Å². The summed E-state index contributed by atoms with van der Waals surface area (Å²) in [7, 11) is 0. The lowest BCUT2D eigenvalue weighted by Crippen LogP contribution is -2.39. The van der Waals surface area contributed by atoms with Crippen LogP contribution in [0.4, 0.5) is 20.3 Å². The molecule has 0 saturated carbocycles. The molecule has 36 heavy (non-hydrogen) atoms. The van der Waals surface area contributed by atoms with Crippen LogP contribution >= 0.6 is 11.3 Å². The second-order valence-corrected chi connectivity index (χ2v) is 9.35. The Morgan fingerprint density at radius 2 is 2.03 bits per heavy atom. The van der Waals surface area contributed by atoms with Gasteiger partial charge in [0.1, 0.15) is 28.8 Å². The molecule has 2 aliphatic heterocycles. The lowest BCUT2D eigenvalue weighted by atomic mass is 10.1. The van der Waals surface area contributed by atoms with Crippen molar-refractivity contribution in [1.29, 1.82) is 0 Å². The van der Waals surface area contributed by atoms with Gasteiger partial charge in [-0.1, -0.05) is 0 Å². The Kier molecular flexibility index (Phi) is 7.49. The number of aromatic nitrogens is 1. The number of pyridine rings is 1. The molecule has 1 saturated heterocycles. The Hall–Kier alpha value is -3.41. The van der Waals surface area contributed by atoms with E-state index in [1.54, 1.807) is 0 Å². The Morgan fingerprint density at radius 1 is 1.17 bits per heavy atom. The number of amidine groups is 1. The number of anilines is 1. The minimum absolute atomic E-state index is 0.0193. The van der Waals surface area contributed by atoms with Crippen molar-refractivity contribution in [2.24, 2.45) is 15.7 Å². The van der Waals surface area contributed by atoms with E-state index in [9.17, 15) is 8.78 Å². The average molecular weight is 513 g/mol. The summed E-state index contributed by atoms with van der Waals surface area (Å²) >= 11 is 1.43. The zero-order chi connectivity index (χ0) is 24.9. The lowest BCUT2D eigenvalue weighted by Gasteiger charge is -2.26. The number of benzene rings is 1. The zero-order valence-corrected chi connectivity index (χ0v) is 20.4. The largest absolute Gasteiger partial charge is 0.491 e. The fourth-order valence-electron chi connectivity index (χ4n) is 4.09. The number of nitrogens with zero attached hydrogens (tertiary/aromatic N) is 4. The van der Waals surface area contributed by atoms with Gasteiger partial charge in [-0.15, -0.1) is 11.3 Å². The number of nitrogens with two attached hydrogens (primary N) is 1. The van der Waals surface area contributed by atoms with E-state index in [-0.39, 0.29) is 11.5 Å². The van der Waals surface area contributed by atoms with Crippen molar-refractivity contribution in [3.05, 3.63) is 58.5 Å². The van der Waals surface area contributed by atoms with Crippen molar-refractivity contribution in [3.8, 4) is 16.3 Å². The standard InChI is InChI=1S/C25H26F2N6O2S/c26-17-1-2-19(18(27)14-17)31-25(30-15-28)21-13-16-5-10-35-20-3-4-22(32-23(20)24(16)36-21)29-6-7-33-8-11-34-12-9-33/h1-4,13-15H,5-12H2,(H,29,32)(H2,28,30,31). The third-order valence-electron chi connectivity index (χ3n) is 5.90. The predicted molar refractivity (Wildman–Crippen MR) is 138 cm³/mol. The molecule has 0 radical (unpaired) electrons. The zero-order valence-electron chi connectivity index (χ0n) is 19.5. The highest BCUT2D eigenvalue weighted by atomic mass is 32.1. The molecule has 0 atom stereocenters. The fourth-order valence-corrected chi connectivity index (χ4v) is 5.24. The smallest absolute Gasteiger partial charge is 0.171 e. The van der Waals surface area contributed by atoms with Gasteiger partial charge >= 0.3 is 0 Å². The number of hydrogen-bond acceptors (Lipinski definition) is 7. The first-order valence-electron chi connectivity index (χ1n) is 11.7. The van der Waals surface area contributed by atoms with Gasteiger partial charge in [-0.3, -0.25) is 4.90 Å². The van der Waals surface area contributed by atoms with Crippen LogP contribution in [0.2, 0.25) is 0 Å². The topological polar surface area (TPSA) is 97.4 Å². The predicted octanol–water partition coefficient (Wildman–Crippen LogP) is 3.83. The molecule has 0 bridgehead atoms. The number of aliphatic imine (C=N–C) groups is 2. The van der Waals surface area contributed by atoms with Gasteiger partial charge in [-0.2, -0.15) is 0 Å². The molecule has 3 N–H and O–H groups in total. The van der Waals surface area contributed by atoms with Crippen LogP contribution in [0.5, 0.6) is 5.75 Å². The molecule has 1 aromatic carbocycles. The van der Waals surface area contributed by atoms with Crippen LogP contribution in [0.25, 0.3) is 10.6 Å². The molecule has 8 nitrogen and oxygen atoms in total. The van der Waals surface area contributed by atoms with Crippen LogP contribution in [0.3, 0.4) is 0 Å². The van der Waals surface area contributed by atoms with E-state index in [1.165, 1.54) is 17.4 Å². The van der Waals surface area contributed by atoms with Gasteiger partial charge in [-0.05, 0) is 35.9 Å². The van der Waals surface area contributed by atoms with Gasteiger partial charge in [0.05, 0.1) is 35.9 Å². The molecule has 5 rings (SSSR count). The summed E-state index contributed by atoms with van der Waals surface area (Å²) in [5.74, 6) is 0.256. The Labute approximate surface area is 211 Å². The molecular weight excluding hydrogens is 486 g/mol. The van der Waals surface area contributed by atoms with Crippen molar-refractivity contribution in [3.63, 3.8) is 0 Å². The second-order valence-electron chi connectivity index (χ2n) is 8.30. The number of nitrogens with one attached hydrogen (secondary N) is 1. The fraction of sp³-hybridized carbons (Fsp3) is 0.320. The Bertz CT molecular complexity index is 1290. The summed E-state index contributed by atoms with van der Waals surface area (Å²) in [6.45, 7) is 5.58. The molecule has 1 fully saturated rings. The maximum Gasteiger partial charge on any atom is 0.171 e. The minimum atomic E-state index is -0.772. The third-order valence-corrected chi connectivity index (χ3v) is 7.08. The molecule has 2 aromatic heterocycles. The van der Waals surface area contributed by atoms with Crippen LogP contribution in [-0.4, -0.2) is 68.1 Å². The monoisotopic (exact) mass is 512 g/mol. The van der Waals surface area contributed by atoms with Crippen molar-refractivity contribution in [2.45, 2.75) is 6.42 Å². The number of hydrogen-bond donors (Lipinski definition) is 2. The molecule has 0 spiro atoms. The third kappa shape index (κ3) is 5.53. The molecule has 2 aliphatic rings. The molecular formula is C25H26F2N6O2S. The molecule has 0 unspecified atom stereocenters. The van der Waals surface area contributed by atoms with Crippen LogP contribution in [0.15, 0.2) is 46.4 Å². The first-order chi connectivity index (χ1) is 17.6. The molecule has 11 heteroatoms. The van der Waals surface area contributed by atoms with E-state index in [1.807, 2.05) is 18.2 Å². The van der Waals surface area contributed by atoms with E-state index >= 15 is 0 Å². The maximum absolute atomic E-state index is 14.2. The quantitative estimate of drug-likeness (QED) is 0.385. The Balaban J connectivity index is 1.42. The van der Waals surface area contributed by atoms with Crippen LogP contribution in [-0.2, 0) is 11.2 Å². The Morgan fingerprint density at radius 3 is 2.83 bits per heavy atom.